The molecular weight excluding hydrogens is 184 g/mol. The molecule has 0 aliphatic carbocycles. The smallest absolute Gasteiger partial charge is 0.183 e. The first-order valence-electron chi connectivity index (χ1n) is 3.64. The molecule has 0 amide bonds. The summed E-state index contributed by atoms with van der Waals surface area (Å²) >= 11 is 0. The van der Waals surface area contributed by atoms with E-state index in [1.807, 2.05) is 0 Å². The second-order valence-corrected chi connectivity index (χ2v) is 2.24. The first kappa shape index (κ1) is 8.14. The summed E-state index contributed by atoms with van der Waals surface area (Å²) in [7, 11) is 0. The number of nitrogens with zero attached hydrogens (tertiary/aromatic N) is 8. The topological polar surface area (TPSA) is 105 Å². The molecule has 2 rings (SSSR count). The molecule has 0 saturated heterocycles. The lowest BCUT2D eigenvalue weighted by Crippen LogP contribution is -1.99. The van der Waals surface area contributed by atoms with E-state index in [0.717, 1.165) is 0 Å². The van der Waals surface area contributed by atoms with Crippen LogP contribution in [-0.2, 0) is 0 Å². The summed E-state index contributed by atoms with van der Waals surface area (Å²) in [5.41, 5.74) is 8.29. The molecule has 0 aliphatic heterocycles. The lowest BCUT2D eigenvalue weighted by molar-refractivity contribution is 0.776. The zero-order valence-corrected chi connectivity index (χ0v) is 6.89. The summed E-state index contributed by atoms with van der Waals surface area (Å²) in [5, 5.41) is 10.7. The van der Waals surface area contributed by atoms with Crippen molar-refractivity contribution in [2.45, 2.75) is 0 Å². The van der Waals surface area contributed by atoms with Gasteiger partial charge >= 0.3 is 0 Å². The Morgan fingerprint density at radius 1 is 1.29 bits per heavy atom. The molecule has 68 valence electrons. The van der Waals surface area contributed by atoms with Gasteiger partial charge in [-0.1, -0.05) is 5.21 Å². The Morgan fingerprint density at radius 2 is 2.14 bits per heavy atom. The minimum absolute atomic E-state index is 0.167. The van der Waals surface area contributed by atoms with Gasteiger partial charge in [0.05, 0.1) is 12.4 Å². The highest BCUT2D eigenvalue weighted by Gasteiger charge is 2.04. The van der Waals surface area contributed by atoms with Gasteiger partial charge in [-0.2, -0.15) is 0 Å². The van der Waals surface area contributed by atoms with E-state index in [4.69, 9.17) is 5.53 Å². The third-order valence-corrected chi connectivity index (χ3v) is 1.44. The number of rotatable bonds is 2. The fourth-order valence-electron chi connectivity index (χ4n) is 0.919. The van der Waals surface area contributed by atoms with Crippen LogP contribution >= 0.6 is 0 Å². The summed E-state index contributed by atoms with van der Waals surface area (Å²) in [4.78, 5) is 10.5. The van der Waals surface area contributed by atoms with Crippen molar-refractivity contribution in [2.75, 3.05) is 0 Å². The predicted octanol–water partition coefficient (Wildman–Crippen LogP) is 0.999. The molecule has 0 aromatic carbocycles. The molecule has 14 heavy (non-hydrogen) atoms. The van der Waals surface area contributed by atoms with Gasteiger partial charge in [-0.3, -0.25) is 0 Å². The maximum absolute atomic E-state index is 8.29. The van der Waals surface area contributed by atoms with Crippen molar-refractivity contribution >= 4 is 5.82 Å². The van der Waals surface area contributed by atoms with Crippen LogP contribution < -0.4 is 0 Å². The Balaban J connectivity index is 2.57. The molecule has 0 saturated carbocycles. The highest BCUT2D eigenvalue weighted by molar-refractivity contribution is 5.43. The average Bonchev–Trinajstić information content (AvgIpc) is 2.72. The van der Waals surface area contributed by atoms with Crippen LogP contribution in [0.3, 0.4) is 0 Å². The van der Waals surface area contributed by atoms with Gasteiger partial charge in [0.2, 0.25) is 0 Å². The van der Waals surface area contributed by atoms with Gasteiger partial charge in [0.25, 0.3) is 0 Å². The molecule has 0 atom stereocenters. The van der Waals surface area contributed by atoms with Crippen LogP contribution in [-0.4, -0.2) is 25.0 Å². The van der Waals surface area contributed by atoms with Crippen molar-refractivity contribution in [3.63, 3.8) is 0 Å². The molecular formula is C6H4N8. The van der Waals surface area contributed by atoms with Gasteiger partial charge < -0.3 is 0 Å². The first-order chi connectivity index (χ1) is 6.92. The molecule has 0 radical (unpaired) electrons. The number of azide groups is 1. The summed E-state index contributed by atoms with van der Waals surface area (Å²) in [6.45, 7) is 0. The fourth-order valence-corrected chi connectivity index (χ4v) is 0.919. The second kappa shape index (κ2) is 3.50. The summed E-state index contributed by atoms with van der Waals surface area (Å²) < 4.78 is 1.37. The summed E-state index contributed by atoms with van der Waals surface area (Å²) in [6.07, 6.45) is 5.99. The Kier molecular flexibility index (Phi) is 2.04. The molecule has 2 aromatic heterocycles. The van der Waals surface area contributed by atoms with Crippen molar-refractivity contribution in [1.82, 2.24) is 25.0 Å². The van der Waals surface area contributed by atoms with E-state index in [1.165, 1.54) is 23.3 Å². The van der Waals surface area contributed by atoms with E-state index in [0.29, 0.717) is 5.82 Å². The largest absolute Gasteiger partial charge is 0.249 e. The van der Waals surface area contributed by atoms with E-state index in [9.17, 15) is 0 Å². The molecule has 0 spiro atoms. The number of hydrogen-bond donors (Lipinski definition) is 0. The quantitative estimate of drug-likeness (QED) is 0.398. The molecule has 0 fully saturated rings. The van der Waals surface area contributed by atoms with Crippen LogP contribution in [0, 0.1) is 0 Å². The van der Waals surface area contributed by atoms with Crippen LogP contribution in [0.5, 0.6) is 0 Å². The van der Waals surface area contributed by atoms with Gasteiger partial charge in [0.1, 0.15) is 0 Å². The predicted molar refractivity (Wildman–Crippen MR) is 45.8 cm³/mol. The van der Waals surface area contributed by atoms with Crippen LogP contribution in [0.25, 0.3) is 16.3 Å². The summed E-state index contributed by atoms with van der Waals surface area (Å²) in [6, 6.07) is 0. The minimum Gasteiger partial charge on any atom is -0.249 e. The van der Waals surface area contributed by atoms with Crippen LogP contribution in [0.2, 0.25) is 0 Å². The number of hydrogen-bond acceptors (Lipinski definition) is 5. The molecule has 2 aromatic rings. The average molecular weight is 188 g/mol. The van der Waals surface area contributed by atoms with Gasteiger partial charge in [0.15, 0.2) is 11.6 Å². The lowest BCUT2D eigenvalue weighted by atomic mass is 10.6. The van der Waals surface area contributed by atoms with Crippen molar-refractivity contribution in [2.24, 2.45) is 5.11 Å². The highest BCUT2D eigenvalue weighted by atomic mass is 15.4. The Morgan fingerprint density at radius 3 is 2.86 bits per heavy atom. The molecule has 8 heteroatoms. The Labute approximate surface area is 77.9 Å². The van der Waals surface area contributed by atoms with Crippen LogP contribution in [0.15, 0.2) is 29.9 Å². The zero-order chi connectivity index (χ0) is 9.80. The highest BCUT2D eigenvalue weighted by Crippen LogP contribution is 2.15. The van der Waals surface area contributed by atoms with E-state index in [2.05, 4.69) is 30.3 Å². The number of aromatic nitrogens is 5. The van der Waals surface area contributed by atoms with Crippen LogP contribution in [0.1, 0.15) is 0 Å². The van der Waals surface area contributed by atoms with Crippen molar-refractivity contribution in [3.8, 4) is 5.82 Å². The Hall–Kier alpha value is -2.47. The van der Waals surface area contributed by atoms with E-state index in [-0.39, 0.29) is 5.82 Å². The molecule has 0 aliphatic rings. The molecule has 0 unspecified atom stereocenters. The van der Waals surface area contributed by atoms with Gasteiger partial charge in [0, 0.05) is 17.3 Å². The molecule has 0 N–H and O–H groups in total. The van der Waals surface area contributed by atoms with E-state index < -0.39 is 0 Å². The third kappa shape index (κ3) is 1.37. The fraction of sp³-hybridized carbons (Fsp3) is 0. The van der Waals surface area contributed by atoms with Crippen molar-refractivity contribution in [3.05, 3.63) is 35.2 Å². The molecule has 8 nitrogen and oxygen atoms in total. The summed E-state index contributed by atoms with van der Waals surface area (Å²) in [5.74, 6) is 0.517. The monoisotopic (exact) mass is 188 g/mol. The lowest BCUT2D eigenvalue weighted by Gasteiger charge is -1.99. The van der Waals surface area contributed by atoms with Gasteiger partial charge in [-0.25, -0.2) is 14.6 Å². The zero-order valence-electron chi connectivity index (χ0n) is 6.89. The van der Waals surface area contributed by atoms with E-state index in [1.54, 1.807) is 6.20 Å². The maximum Gasteiger partial charge on any atom is 0.183 e. The molecule has 2 heterocycles. The second-order valence-electron chi connectivity index (χ2n) is 2.24. The van der Waals surface area contributed by atoms with Crippen molar-refractivity contribution in [1.29, 1.82) is 0 Å². The molecule has 0 bridgehead atoms. The minimum atomic E-state index is 0.167. The normalized spacial score (nSPS) is 9.43. The van der Waals surface area contributed by atoms with Crippen molar-refractivity contribution < 1.29 is 0 Å². The first-order valence-corrected chi connectivity index (χ1v) is 3.64. The third-order valence-electron chi connectivity index (χ3n) is 1.44. The van der Waals surface area contributed by atoms with Gasteiger partial charge in [-0.15, -0.1) is 5.10 Å². The Bertz CT molecular complexity index is 468. The maximum atomic E-state index is 8.29. The SMILES string of the molecule is [N-]=[N+]=Nc1nccnc1-n1ccnn1. The van der Waals surface area contributed by atoms with Crippen LogP contribution in [0.4, 0.5) is 5.82 Å². The van der Waals surface area contributed by atoms with Gasteiger partial charge in [-0.05, 0) is 10.6 Å². The standard InChI is InChI=1S/C6H4N8/c7-12-11-5-6(9-2-1-8-5)14-4-3-10-13-14/h1-4H. The van der Waals surface area contributed by atoms with E-state index >= 15 is 0 Å².